The van der Waals surface area contributed by atoms with E-state index >= 15 is 0 Å². The highest BCUT2D eigenvalue weighted by atomic mass is 35.5. The molecule has 0 aliphatic heterocycles. The van der Waals surface area contributed by atoms with Gasteiger partial charge in [0.05, 0.1) is 10.6 Å². The summed E-state index contributed by atoms with van der Waals surface area (Å²) in [5.41, 5.74) is 7.76. The van der Waals surface area contributed by atoms with Crippen LogP contribution in [-0.2, 0) is 12.8 Å². The lowest BCUT2D eigenvalue weighted by molar-refractivity contribution is 0.0850. The first-order valence-corrected chi connectivity index (χ1v) is 10.5. The van der Waals surface area contributed by atoms with Crippen LogP contribution in [0.1, 0.15) is 41.9 Å². The zero-order valence-electron chi connectivity index (χ0n) is 14.5. The molecule has 0 bridgehead atoms. The van der Waals surface area contributed by atoms with E-state index in [4.69, 9.17) is 11.6 Å². The van der Waals surface area contributed by atoms with Gasteiger partial charge in [0.15, 0.2) is 0 Å². The molecule has 1 aliphatic carbocycles. The van der Waals surface area contributed by atoms with Gasteiger partial charge in [-0.25, -0.2) is 4.98 Å². The molecule has 0 spiro atoms. The third-order valence-corrected chi connectivity index (χ3v) is 7.05. The summed E-state index contributed by atoms with van der Waals surface area (Å²) in [7, 11) is 0. The van der Waals surface area contributed by atoms with Crippen LogP contribution in [0.4, 0.5) is 0 Å². The molecule has 1 aromatic carbocycles. The number of amides is 2. The zero-order chi connectivity index (χ0) is 19.0. The Hall–Kier alpha value is -2.22. The van der Waals surface area contributed by atoms with Gasteiger partial charge in [0.25, 0.3) is 11.8 Å². The molecule has 2 amide bonds. The lowest BCUT2D eigenvalue weighted by atomic mass is 10.2. The average Bonchev–Trinajstić information content (AvgIpc) is 3.34. The number of fused-ring (bicyclic) bond motifs is 1. The second kappa shape index (κ2) is 7.42. The van der Waals surface area contributed by atoms with E-state index in [1.54, 1.807) is 19.1 Å². The standard InChI is InChI=1S/C19H16ClN3O2S2/c1-10-16(27-19(21-10)11-5-7-13(20)8-6-11)18(25)23-22-17(24)15-9-12-3-2-4-14(12)26-15/h5-9H,2-4H2,1H3,(H,22,24)(H,23,25). The summed E-state index contributed by atoms with van der Waals surface area (Å²) >= 11 is 8.69. The highest BCUT2D eigenvalue weighted by molar-refractivity contribution is 7.17. The van der Waals surface area contributed by atoms with Crippen molar-refractivity contribution in [3.8, 4) is 10.6 Å². The van der Waals surface area contributed by atoms with Gasteiger partial charge >= 0.3 is 0 Å². The van der Waals surface area contributed by atoms with Crippen molar-refractivity contribution in [2.45, 2.75) is 26.2 Å². The van der Waals surface area contributed by atoms with E-state index < -0.39 is 0 Å². The molecule has 0 saturated carbocycles. The zero-order valence-corrected chi connectivity index (χ0v) is 16.9. The summed E-state index contributed by atoms with van der Waals surface area (Å²) in [5, 5.41) is 1.38. The van der Waals surface area contributed by atoms with Crippen LogP contribution in [0.2, 0.25) is 5.02 Å². The fourth-order valence-electron chi connectivity index (χ4n) is 3.00. The normalized spacial score (nSPS) is 12.7. The fourth-order valence-corrected chi connectivity index (χ4v) is 5.24. The SMILES string of the molecule is Cc1nc(-c2ccc(Cl)cc2)sc1C(=O)NNC(=O)c1cc2c(s1)CCC2. The number of rotatable bonds is 3. The largest absolute Gasteiger partial charge is 0.281 e. The molecule has 5 nitrogen and oxygen atoms in total. The Morgan fingerprint density at radius 3 is 2.56 bits per heavy atom. The summed E-state index contributed by atoms with van der Waals surface area (Å²) < 4.78 is 0. The second-order valence-corrected chi connectivity index (χ2v) is 8.83. The molecule has 0 saturated heterocycles. The Bertz CT molecular complexity index is 1000. The van der Waals surface area contributed by atoms with E-state index in [0.717, 1.165) is 29.8 Å². The summed E-state index contributed by atoms with van der Waals surface area (Å²) in [6, 6.07) is 9.21. The van der Waals surface area contributed by atoms with Gasteiger partial charge in [-0.05, 0) is 49.9 Å². The van der Waals surface area contributed by atoms with Crippen molar-refractivity contribution in [3.63, 3.8) is 0 Å². The van der Waals surface area contributed by atoms with Crippen LogP contribution in [0.5, 0.6) is 0 Å². The number of carbonyl (C=O) groups excluding carboxylic acids is 2. The highest BCUT2D eigenvalue weighted by Crippen LogP contribution is 2.31. The first-order valence-electron chi connectivity index (χ1n) is 8.47. The predicted octanol–water partition coefficient (Wildman–Crippen LogP) is 4.40. The van der Waals surface area contributed by atoms with Crippen LogP contribution in [0.25, 0.3) is 10.6 Å². The van der Waals surface area contributed by atoms with Gasteiger partial charge in [0.2, 0.25) is 0 Å². The number of benzene rings is 1. The molecule has 0 unspecified atom stereocenters. The number of aromatic nitrogens is 1. The molecule has 2 aromatic heterocycles. The van der Waals surface area contributed by atoms with Crippen LogP contribution in [0.15, 0.2) is 30.3 Å². The molecule has 2 N–H and O–H groups in total. The van der Waals surface area contributed by atoms with E-state index in [1.165, 1.54) is 33.1 Å². The van der Waals surface area contributed by atoms with Gasteiger partial charge < -0.3 is 0 Å². The summed E-state index contributed by atoms with van der Waals surface area (Å²) in [4.78, 5) is 31.6. The Labute approximate surface area is 169 Å². The van der Waals surface area contributed by atoms with E-state index in [-0.39, 0.29) is 11.8 Å². The van der Waals surface area contributed by atoms with E-state index in [1.807, 2.05) is 18.2 Å². The topological polar surface area (TPSA) is 71.1 Å². The highest BCUT2D eigenvalue weighted by Gasteiger charge is 2.20. The van der Waals surface area contributed by atoms with Gasteiger partial charge in [-0.2, -0.15) is 0 Å². The lowest BCUT2D eigenvalue weighted by Gasteiger charge is -2.05. The first kappa shape index (κ1) is 18.2. The van der Waals surface area contributed by atoms with Gasteiger partial charge in [0.1, 0.15) is 9.88 Å². The molecule has 138 valence electrons. The Morgan fingerprint density at radius 1 is 1.07 bits per heavy atom. The summed E-state index contributed by atoms with van der Waals surface area (Å²) in [6.45, 7) is 1.77. The number of hydrogen-bond donors (Lipinski definition) is 2. The quantitative estimate of drug-likeness (QED) is 0.620. The van der Waals surface area contributed by atoms with E-state index in [2.05, 4.69) is 15.8 Å². The fraction of sp³-hybridized carbons (Fsp3) is 0.211. The van der Waals surface area contributed by atoms with Gasteiger partial charge in [-0.3, -0.25) is 20.4 Å². The number of halogens is 1. The van der Waals surface area contributed by atoms with Crippen LogP contribution in [0.3, 0.4) is 0 Å². The van der Waals surface area contributed by atoms with Gasteiger partial charge in [0, 0.05) is 15.5 Å². The number of aryl methyl sites for hydroxylation is 3. The first-order chi connectivity index (χ1) is 13.0. The van der Waals surface area contributed by atoms with Crippen LogP contribution in [-0.4, -0.2) is 16.8 Å². The monoisotopic (exact) mass is 417 g/mol. The lowest BCUT2D eigenvalue weighted by Crippen LogP contribution is -2.41. The van der Waals surface area contributed by atoms with Crippen molar-refractivity contribution in [3.05, 3.63) is 61.2 Å². The third kappa shape index (κ3) is 3.76. The summed E-state index contributed by atoms with van der Waals surface area (Å²) in [5.74, 6) is -0.662. The van der Waals surface area contributed by atoms with Crippen molar-refractivity contribution < 1.29 is 9.59 Å². The molecule has 27 heavy (non-hydrogen) atoms. The third-order valence-electron chi connectivity index (χ3n) is 4.35. The minimum atomic E-state index is -0.373. The molecule has 1 aliphatic rings. The van der Waals surface area contributed by atoms with Crippen molar-refractivity contribution in [1.82, 2.24) is 15.8 Å². The minimum Gasteiger partial charge on any atom is -0.266 e. The van der Waals surface area contributed by atoms with Crippen LogP contribution < -0.4 is 10.9 Å². The number of hydrazine groups is 1. The van der Waals surface area contributed by atoms with Crippen LogP contribution in [0, 0.1) is 6.92 Å². The molecule has 3 aromatic rings. The molecule has 2 heterocycles. The molecule has 4 rings (SSSR count). The maximum absolute atomic E-state index is 12.5. The number of carbonyl (C=O) groups is 2. The molecule has 0 fully saturated rings. The molecule has 0 radical (unpaired) electrons. The van der Waals surface area contributed by atoms with E-state index in [0.29, 0.717) is 20.5 Å². The van der Waals surface area contributed by atoms with Crippen LogP contribution >= 0.6 is 34.3 Å². The van der Waals surface area contributed by atoms with Gasteiger partial charge in [-0.1, -0.05) is 23.7 Å². The maximum atomic E-state index is 12.5. The molecular weight excluding hydrogens is 402 g/mol. The number of nitrogens with zero attached hydrogens (tertiary/aromatic N) is 1. The number of nitrogens with one attached hydrogen (secondary N) is 2. The van der Waals surface area contributed by atoms with Crippen molar-refractivity contribution in [2.75, 3.05) is 0 Å². The Balaban J connectivity index is 1.43. The minimum absolute atomic E-state index is 0.289. The van der Waals surface area contributed by atoms with Crippen molar-refractivity contribution in [1.29, 1.82) is 0 Å². The number of thiophene rings is 1. The number of thiazole rings is 1. The van der Waals surface area contributed by atoms with Crippen molar-refractivity contribution in [2.24, 2.45) is 0 Å². The Kier molecular flexibility index (Phi) is 4.99. The Morgan fingerprint density at radius 2 is 1.81 bits per heavy atom. The molecular formula is C19H16ClN3O2S2. The second-order valence-electron chi connectivity index (χ2n) is 6.26. The molecule has 0 atom stereocenters. The smallest absolute Gasteiger partial charge is 0.266 e. The molecule has 8 heteroatoms. The van der Waals surface area contributed by atoms with Crippen molar-refractivity contribution >= 4 is 46.1 Å². The summed E-state index contributed by atoms with van der Waals surface area (Å²) in [6.07, 6.45) is 3.21. The van der Waals surface area contributed by atoms with Gasteiger partial charge in [-0.15, -0.1) is 22.7 Å². The average molecular weight is 418 g/mol. The number of hydrogen-bond acceptors (Lipinski definition) is 5. The predicted molar refractivity (Wildman–Crippen MR) is 109 cm³/mol. The van der Waals surface area contributed by atoms with E-state index in [9.17, 15) is 9.59 Å². The maximum Gasteiger partial charge on any atom is 0.281 e.